The van der Waals surface area contributed by atoms with Crippen LogP contribution in [0.2, 0.25) is 0 Å². The second-order valence-corrected chi connectivity index (χ2v) is 8.75. The number of aromatic nitrogens is 1. The van der Waals surface area contributed by atoms with Crippen molar-refractivity contribution < 1.29 is 17.9 Å². The van der Waals surface area contributed by atoms with Gasteiger partial charge in [0.05, 0.1) is 10.9 Å². The first-order valence-corrected chi connectivity index (χ1v) is 10.7. The molecule has 0 spiro atoms. The normalized spacial score (nSPS) is 19.2. The highest BCUT2D eigenvalue weighted by Gasteiger charge is 2.38. The first kappa shape index (κ1) is 17.3. The molecule has 1 aromatic heterocycles. The van der Waals surface area contributed by atoms with Gasteiger partial charge < -0.3 is 14.0 Å². The van der Waals surface area contributed by atoms with Crippen LogP contribution in [0.1, 0.15) is 17.3 Å². The molecular weight excluding hydrogens is 376 g/mol. The summed E-state index contributed by atoms with van der Waals surface area (Å²) in [6.07, 6.45) is 2.00. The fourth-order valence-corrected chi connectivity index (χ4v) is 5.51. The van der Waals surface area contributed by atoms with E-state index in [0.717, 1.165) is 11.3 Å². The summed E-state index contributed by atoms with van der Waals surface area (Å²) in [5, 5.41) is 0. The first-order chi connectivity index (χ1) is 13.6. The average Bonchev–Trinajstić information content (AvgIpc) is 3.22. The third-order valence-electron chi connectivity index (χ3n) is 5.23. The van der Waals surface area contributed by atoms with Gasteiger partial charge in [-0.1, -0.05) is 30.3 Å². The molecular formula is C21H20N2O4S. The summed E-state index contributed by atoms with van der Waals surface area (Å²) < 4.78 is 42.0. The van der Waals surface area contributed by atoms with E-state index in [4.69, 9.17) is 9.47 Å². The molecule has 0 bridgehead atoms. The summed E-state index contributed by atoms with van der Waals surface area (Å²) in [6, 6.07) is 18.2. The lowest BCUT2D eigenvalue weighted by Crippen LogP contribution is -2.42. The summed E-state index contributed by atoms with van der Waals surface area (Å²) in [6.45, 7) is 1.91. The Morgan fingerprint density at radius 3 is 2.46 bits per heavy atom. The molecule has 3 heterocycles. The number of fused-ring (bicyclic) bond motifs is 2. The average molecular weight is 396 g/mol. The summed E-state index contributed by atoms with van der Waals surface area (Å²) in [5.41, 5.74) is 1.92. The minimum atomic E-state index is -3.73. The standard InChI is InChI=1S/C21H20N2O4S/c24-28(25,17-8-9-19-20(15-17)27-14-13-26-19)23-12-11-22-10-4-7-18(22)21(23)16-5-2-1-3-6-16/h1-10,15,21H,11-14H2/t21-/m0/s1. The second-order valence-electron chi connectivity index (χ2n) is 6.86. The van der Waals surface area contributed by atoms with Crippen molar-refractivity contribution in [3.05, 3.63) is 78.1 Å². The van der Waals surface area contributed by atoms with Crippen LogP contribution in [0, 0.1) is 0 Å². The molecule has 6 nitrogen and oxygen atoms in total. The quantitative estimate of drug-likeness (QED) is 0.683. The summed E-state index contributed by atoms with van der Waals surface area (Å²) in [5.74, 6) is 1.06. The Labute approximate surface area is 164 Å². The molecule has 0 radical (unpaired) electrons. The van der Waals surface area contributed by atoms with Gasteiger partial charge in [0.15, 0.2) is 11.5 Å². The number of ether oxygens (including phenoxy) is 2. The van der Waals surface area contributed by atoms with Gasteiger partial charge in [0, 0.05) is 31.0 Å². The van der Waals surface area contributed by atoms with E-state index in [2.05, 4.69) is 4.57 Å². The fraction of sp³-hybridized carbons (Fsp3) is 0.238. The van der Waals surface area contributed by atoms with Crippen LogP contribution in [0.15, 0.2) is 71.8 Å². The Kier molecular flexibility index (Phi) is 4.14. The van der Waals surface area contributed by atoms with E-state index in [1.54, 1.807) is 22.5 Å². The molecule has 0 saturated carbocycles. The van der Waals surface area contributed by atoms with E-state index < -0.39 is 10.0 Å². The third-order valence-corrected chi connectivity index (χ3v) is 7.09. The molecule has 2 aliphatic rings. The minimum Gasteiger partial charge on any atom is -0.486 e. The second kappa shape index (κ2) is 6.68. The number of rotatable bonds is 3. The number of sulfonamides is 1. The fourth-order valence-electron chi connectivity index (χ4n) is 3.91. The highest BCUT2D eigenvalue weighted by Crippen LogP contribution is 2.38. The van der Waals surface area contributed by atoms with Gasteiger partial charge in [0.1, 0.15) is 13.2 Å². The van der Waals surface area contributed by atoms with E-state index in [0.29, 0.717) is 37.8 Å². The Bertz CT molecular complexity index is 1110. The van der Waals surface area contributed by atoms with E-state index in [-0.39, 0.29) is 10.9 Å². The predicted molar refractivity (Wildman–Crippen MR) is 104 cm³/mol. The van der Waals surface area contributed by atoms with Crippen molar-refractivity contribution in [2.75, 3.05) is 19.8 Å². The van der Waals surface area contributed by atoms with Crippen LogP contribution in [-0.4, -0.2) is 37.0 Å². The molecule has 1 atom stereocenters. The maximum absolute atomic E-state index is 13.6. The van der Waals surface area contributed by atoms with Gasteiger partial charge in [-0.15, -0.1) is 0 Å². The summed E-state index contributed by atoms with van der Waals surface area (Å²) in [4.78, 5) is 0.220. The first-order valence-electron chi connectivity index (χ1n) is 9.26. The van der Waals surface area contributed by atoms with Crippen molar-refractivity contribution >= 4 is 10.0 Å². The topological polar surface area (TPSA) is 60.8 Å². The van der Waals surface area contributed by atoms with Crippen LogP contribution in [0.25, 0.3) is 0 Å². The van der Waals surface area contributed by atoms with Crippen molar-refractivity contribution in [2.24, 2.45) is 0 Å². The summed E-state index contributed by atoms with van der Waals surface area (Å²) in [7, 11) is -3.73. The SMILES string of the molecule is O=S(=O)(c1ccc2c(c1)OCCO2)N1CCn2cccc2[C@@H]1c1ccccc1. The molecule has 3 aromatic rings. The lowest BCUT2D eigenvalue weighted by molar-refractivity contribution is 0.171. The lowest BCUT2D eigenvalue weighted by Gasteiger charge is -2.36. The van der Waals surface area contributed by atoms with E-state index in [1.165, 1.54) is 0 Å². The van der Waals surface area contributed by atoms with Crippen LogP contribution in [0.4, 0.5) is 0 Å². The van der Waals surface area contributed by atoms with Crippen LogP contribution in [-0.2, 0) is 16.6 Å². The molecule has 28 heavy (non-hydrogen) atoms. The molecule has 2 aliphatic heterocycles. The van der Waals surface area contributed by atoms with E-state index >= 15 is 0 Å². The van der Waals surface area contributed by atoms with Crippen LogP contribution in [0.3, 0.4) is 0 Å². The number of hydrogen-bond donors (Lipinski definition) is 0. The van der Waals surface area contributed by atoms with Gasteiger partial charge in [-0.25, -0.2) is 8.42 Å². The van der Waals surface area contributed by atoms with Crippen LogP contribution < -0.4 is 9.47 Å². The summed E-state index contributed by atoms with van der Waals surface area (Å²) >= 11 is 0. The molecule has 2 aromatic carbocycles. The van der Waals surface area contributed by atoms with Crippen molar-refractivity contribution in [3.63, 3.8) is 0 Å². The van der Waals surface area contributed by atoms with Crippen molar-refractivity contribution in [1.29, 1.82) is 0 Å². The van der Waals surface area contributed by atoms with Gasteiger partial charge in [0.2, 0.25) is 10.0 Å². The monoisotopic (exact) mass is 396 g/mol. The predicted octanol–water partition coefficient (Wildman–Crippen LogP) is 3.05. The zero-order chi connectivity index (χ0) is 19.1. The third kappa shape index (κ3) is 2.78. The smallest absolute Gasteiger partial charge is 0.244 e. The van der Waals surface area contributed by atoms with Crippen molar-refractivity contribution in [3.8, 4) is 11.5 Å². The Morgan fingerprint density at radius 1 is 0.857 bits per heavy atom. The van der Waals surface area contributed by atoms with E-state index in [1.807, 2.05) is 48.7 Å². The Hall–Kier alpha value is -2.77. The molecule has 7 heteroatoms. The highest BCUT2D eigenvalue weighted by molar-refractivity contribution is 7.89. The molecule has 0 aliphatic carbocycles. The van der Waals surface area contributed by atoms with Gasteiger partial charge in [-0.05, 0) is 29.8 Å². The molecule has 0 N–H and O–H groups in total. The maximum Gasteiger partial charge on any atom is 0.244 e. The maximum atomic E-state index is 13.6. The Balaban J connectivity index is 1.60. The Morgan fingerprint density at radius 2 is 1.64 bits per heavy atom. The number of benzene rings is 2. The lowest BCUT2D eigenvalue weighted by atomic mass is 10.0. The number of nitrogens with zero attached hydrogens (tertiary/aromatic N) is 2. The molecule has 0 fully saturated rings. The number of hydrogen-bond acceptors (Lipinski definition) is 4. The molecule has 144 valence electrons. The van der Waals surface area contributed by atoms with Crippen LogP contribution >= 0.6 is 0 Å². The molecule has 0 saturated heterocycles. The minimum absolute atomic E-state index is 0.220. The van der Waals surface area contributed by atoms with Crippen molar-refractivity contribution in [2.45, 2.75) is 17.5 Å². The molecule has 0 amide bonds. The van der Waals surface area contributed by atoms with Gasteiger partial charge >= 0.3 is 0 Å². The van der Waals surface area contributed by atoms with Gasteiger partial charge in [-0.3, -0.25) is 0 Å². The van der Waals surface area contributed by atoms with Gasteiger partial charge in [-0.2, -0.15) is 4.31 Å². The van der Waals surface area contributed by atoms with Gasteiger partial charge in [0.25, 0.3) is 0 Å². The van der Waals surface area contributed by atoms with Crippen LogP contribution in [0.5, 0.6) is 11.5 Å². The zero-order valence-corrected chi connectivity index (χ0v) is 16.0. The molecule has 0 unspecified atom stereocenters. The van der Waals surface area contributed by atoms with Crippen molar-refractivity contribution in [1.82, 2.24) is 8.87 Å². The highest BCUT2D eigenvalue weighted by atomic mass is 32.2. The molecule has 5 rings (SSSR count). The largest absolute Gasteiger partial charge is 0.486 e. The van der Waals surface area contributed by atoms with E-state index in [9.17, 15) is 8.42 Å². The zero-order valence-electron chi connectivity index (χ0n) is 15.2.